The van der Waals surface area contributed by atoms with Crippen molar-refractivity contribution in [2.24, 2.45) is 0 Å². The molecule has 15 heavy (non-hydrogen) atoms. The Balaban J connectivity index is 2.51. The topological polar surface area (TPSA) is 107 Å². The molecule has 86 valence electrons. The summed E-state index contributed by atoms with van der Waals surface area (Å²) in [6.45, 7) is 0.864. The van der Waals surface area contributed by atoms with Gasteiger partial charge in [-0.25, -0.2) is 9.59 Å². The first kappa shape index (κ1) is 11.9. The van der Waals surface area contributed by atoms with Crippen LogP contribution in [-0.2, 0) is 9.59 Å². The summed E-state index contributed by atoms with van der Waals surface area (Å²) in [5.74, 6) is -3.40. The van der Waals surface area contributed by atoms with Crippen LogP contribution in [0.5, 0.6) is 0 Å². The average molecular weight is 217 g/mol. The van der Waals surface area contributed by atoms with E-state index in [0.717, 1.165) is 19.4 Å². The number of carboxylic acid groups (broad SMARTS) is 2. The number of nitrogens with one attached hydrogen (secondary N) is 1. The smallest absolute Gasteiger partial charge is 0.347 e. The van der Waals surface area contributed by atoms with E-state index in [-0.39, 0.29) is 12.5 Å². The summed E-state index contributed by atoms with van der Waals surface area (Å²) < 4.78 is 0. The molecular formula is C9H15NO5. The Morgan fingerprint density at radius 2 is 1.93 bits per heavy atom. The molecule has 6 nitrogen and oxygen atoms in total. The first-order valence-electron chi connectivity index (χ1n) is 4.89. The predicted octanol–water partition coefficient (Wildman–Crippen LogP) is -0.581. The molecule has 4 N–H and O–H groups in total. The molecule has 1 aliphatic rings. The molecule has 0 saturated carbocycles. The number of aliphatic hydroxyl groups is 1. The Labute approximate surface area is 86.9 Å². The molecule has 0 aliphatic carbocycles. The van der Waals surface area contributed by atoms with Gasteiger partial charge in [-0.15, -0.1) is 0 Å². The molecule has 0 radical (unpaired) electrons. The van der Waals surface area contributed by atoms with Crippen molar-refractivity contribution in [3.8, 4) is 0 Å². The van der Waals surface area contributed by atoms with Crippen LogP contribution >= 0.6 is 0 Å². The highest BCUT2D eigenvalue weighted by molar-refractivity contribution is 6.01. The van der Waals surface area contributed by atoms with Crippen LogP contribution in [0.25, 0.3) is 0 Å². The van der Waals surface area contributed by atoms with Crippen LogP contribution in [0.3, 0.4) is 0 Å². The van der Waals surface area contributed by atoms with Crippen LogP contribution in [0.1, 0.15) is 25.7 Å². The fourth-order valence-electron chi connectivity index (χ4n) is 1.69. The molecular weight excluding hydrogens is 202 g/mol. The molecule has 0 aromatic rings. The summed E-state index contributed by atoms with van der Waals surface area (Å²) in [4.78, 5) is 21.2. The fraction of sp³-hybridized carbons (Fsp3) is 0.778. The highest BCUT2D eigenvalue weighted by Gasteiger charge is 2.44. The van der Waals surface area contributed by atoms with Gasteiger partial charge in [0.05, 0.1) is 0 Å². The van der Waals surface area contributed by atoms with Gasteiger partial charge in [-0.05, 0) is 32.2 Å². The van der Waals surface area contributed by atoms with Crippen molar-refractivity contribution >= 4 is 11.9 Å². The quantitative estimate of drug-likeness (QED) is 0.459. The minimum absolute atomic E-state index is 0.121. The molecule has 1 atom stereocenters. The maximum absolute atomic E-state index is 10.6. The monoisotopic (exact) mass is 217 g/mol. The maximum Gasteiger partial charge on any atom is 0.347 e. The zero-order valence-electron chi connectivity index (χ0n) is 8.27. The Kier molecular flexibility index (Phi) is 3.65. The van der Waals surface area contributed by atoms with Gasteiger partial charge in [0.1, 0.15) is 0 Å². The van der Waals surface area contributed by atoms with Gasteiger partial charge in [-0.2, -0.15) is 0 Å². The molecule has 1 fully saturated rings. The Morgan fingerprint density at radius 1 is 1.33 bits per heavy atom. The fourth-order valence-corrected chi connectivity index (χ4v) is 1.69. The van der Waals surface area contributed by atoms with Crippen molar-refractivity contribution in [2.45, 2.75) is 37.3 Å². The SMILES string of the molecule is O=C(O)C(O)(CC[C@@H]1CCCN1)C(=O)O. The van der Waals surface area contributed by atoms with Crippen LogP contribution in [0.15, 0.2) is 0 Å². The van der Waals surface area contributed by atoms with Crippen molar-refractivity contribution < 1.29 is 24.9 Å². The predicted molar refractivity (Wildman–Crippen MR) is 50.5 cm³/mol. The van der Waals surface area contributed by atoms with E-state index in [1.54, 1.807) is 0 Å². The third-order valence-corrected chi connectivity index (χ3v) is 2.72. The number of rotatable bonds is 5. The second-order valence-electron chi connectivity index (χ2n) is 3.80. The number of hydrogen-bond donors (Lipinski definition) is 4. The van der Waals surface area contributed by atoms with E-state index < -0.39 is 17.5 Å². The van der Waals surface area contributed by atoms with E-state index >= 15 is 0 Å². The summed E-state index contributed by atoms with van der Waals surface area (Å²) in [7, 11) is 0. The van der Waals surface area contributed by atoms with Gasteiger partial charge in [-0.1, -0.05) is 0 Å². The van der Waals surface area contributed by atoms with Crippen molar-refractivity contribution in [3.05, 3.63) is 0 Å². The van der Waals surface area contributed by atoms with E-state index in [4.69, 9.17) is 10.2 Å². The summed E-state index contributed by atoms with van der Waals surface area (Å²) in [5, 5.41) is 29.8. The number of carboxylic acids is 2. The first-order chi connectivity index (χ1) is 6.97. The first-order valence-corrected chi connectivity index (χ1v) is 4.89. The molecule has 0 aromatic heterocycles. The molecule has 6 heteroatoms. The van der Waals surface area contributed by atoms with E-state index in [0.29, 0.717) is 6.42 Å². The van der Waals surface area contributed by atoms with E-state index in [2.05, 4.69) is 5.32 Å². The van der Waals surface area contributed by atoms with E-state index in [9.17, 15) is 14.7 Å². The maximum atomic E-state index is 10.6. The van der Waals surface area contributed by atoms with Gasteiger partial charge in [0.2, 0.25) is 0 Å². The Bertz CT molecular complexity index is 245. The second kappa shape index (κ2) is 4.59. The molecule has 0 unspecified atom stereocenters. The van der Waals surface area contributed by atoms with Gasteiger partial charge < -0.3 is 20.6 Å². The zero-order valence-corrected chi connectivity index (χ0v) is 8.27. The van der Waals surface area contributed by atoms with Gasteiger partial charge in [0, 0.05) is 6.04 Å². The lowest BCUT2D eigenvalue weighted by Gasteiger charge is -2.20. The third kappa shape index (κ3) is 2.66. The highest BCUT2D eigenvalue weighted by atomic mass is 16.4. The van der Waals surface area contributed by atoms with Crippen molar-refractivity contribution in [1.29, 1.82) is 0 Å². The van der Waals surface area contributed by atoms with Gasteiger partial charge >= 0.3 is 11.9 Å². The summed E-state index contributed by atoms with van der Waals surface area (Å²) >= 11 is 0. The molecule has 0 aromatic carbocycles. The van der Waals surface area contributed by atoms with Crippen LogP contribution in [0, 0.1) is 0 Å². The molecule has 1 heterocycles. The zero-order chi connectivity index (χ0) is 11.5. The normalized spacial score (nSPS) is 21.5. The minimum Gasteiger partial charge on any atom is -0.479 e. The minimum atomic E-state index is -2.65. The van der Waals surface area contributed by atoms with Gasteiger partial charge in [0.15, 0.2) is 0 Å². The second-order valence-corrected chi connectivity index (χ2v) is 3.80. The number of aliphatic carboxylic acids is 2. The molecule has 0 spiro atoms. The lowest BCUT2D eigenvalue weighted by atomic mass is 9.95. The van der Waals surface area contributed by atoms with Crippen molar-refractivity contribution in [1.82, 2.24) is 5.32 Å². The Hall–Kier alpha value is -1.14. The molecule has 1 aliphatic heterocycles. The summed E-state index contributed by atoms with van der Waals surface area (Å²) in [6.07, 6.45) is 1.99. The lowest BCUT2D eigenvalue weighted by molar-refractivity contribution is -0.176. The van der Waals surface area contributed by atoms with E-state index in [1.165, 1.54) is 0 Å². The molecule has 0 amide bonds. The highest BCUT2D eigenvalue weighted by Crippen LogP contribution is 2.19. The van der Waals surface area contributed by atoms with E-state index in [1.807, 2.05) is 0 Å². The van der Waals surface area contributed by atoms with Gasteiger partial charge in [0.25, 0.3) is 5.60 Å². The third-order valence-electron chi connectivity index (χ3n) is 2.72. The standard InChI is InChI=1S/C9H15NO5/c11-7(12)9(15,8(13)14)4-3-6-2-1-5-10-6/h6,10,15H,1-5H2,(H,11,12)(H,13,14)/t6-/m0/s1. The average Bonchev–Trinajstić information content (AvgIpc) is 2.65. The molecule has 0 bridgehead atoms. The largest absolute Gasteiger partial charge is 0.479 e. The van der Waals surface area contributed by atoms with Crippen LogP contribution < -0.4 is 5.32 Å². The number of hydrogen-bond acceptors (Lipinski definition) is 4. The number of carbonyl (C=O) groups is 2. The van der Waals surface area contributed by atoms with Crippen LogP contribution in [-0.4, -0.2) is 45.4 Å². The van der Waals surface area contributed by atoms with Crippen molar-refractivity contribution in [3.63, 3.8) is 0 Å². The molecule has 1 rings (SSSR count). The lowest BCUT2D eigenvalue weighted by Crippen LogP contribution is -2.47. The Morgan fingerprint density at radius 3 is 2.33 bits per heavy atom. The summed E-state index contributed by atoms with van der Waals surface area (Å²) in [5.41, 5.74) is -2.65. The molecule has 1 saturated heterocycles. The summed E-state index contributed by atoms with van der Waals surface area (Å²) in [6, 6.07) is 0.121. The van der Waals surface area contributed by atoms with Gasteiger partial charge in [-0.3, -0.25) is 0 Å². The van der Waals surface area contributed by atoms with Crippen LogP contribution in [0.2, 0.25) is 0 Å². The van der Waals surface area contributed by atoms with Crippen molar-refractivity contribution in [2.75, 3.05) is 6.54 Å². The van der Waals surface area contributed by atoms with Crippen LogP contribution in [0.4, 0.5) is 0 Å².